The lowest BCUT2D eigenvalue weighted by molar-refractivity contribution is 0.170. The molecule has 3 nitrogen and oxygen atoms in total. The number of benzene rings is 2. The highest BCUT2D eigenvalue weighted by Crippen LogP contribution is 2.33. The monoisotopic (exact) mass is 277 g/mol. The molecule has 3 rings (SSSR count). The summed E-state index contributed by atoms with van der Waals surface area (Å²) in [7, 11) is 0. The Morgan fingerprint density at radius 2 is 1.85 bits per heavy atom. The minimum Gasteiger partial charge on any atom is -0.486 e. The molecule has 1 aliphatic heterocycles. The third-order valence-electron chi connectivity index (χ3n) is 3.05. The van der Waals surface area contributed by atoms with E-state index >= 15 is 0 Å². The van der Waals surface area contributed by atoms with Crippen LogP contribution in [0.15, 0.2) is 36.4 Å². The summed E-state index contributed by atoms with van der Waals surface area (Å²) in [4.78, 5) is 0. The second kappa shape index (κ2) is 5.36. The third-order valence-corrected chi connectivity index (χ3v) is 3.05. The first-order valence-corrected chi connectivity index (χ1v) is 6.30. The van der Waals surface area contributed by atoms with Gasteiger partial charge in [-0.25, -0.2) is 8.78 Å². The number of nitrogens with one attached hydrogen (secondary N) is 1. The molecule has 1 aliphatic rings. The fraction of sp³-hybridized carbons (Fsp3) is 0.200. The van der Waals surface area contributed by atoms with E-state index in [1.165, 1.54) is 6.07 Å². The van der Waals surface area contributed by atoms with Crippen molar-refractivity contribution in [2.75, 3.05) is 18.5 Å². The summed E-state index contributed by atoms with van der Waals surface area (Å²) >= 11 is 0. The Morgan fingerprint density at radius 1 is 1.00 bits per heavy atom. The first-order chi connectivity index (χ1) is 9.74. The van der Waals surface area contributed by atoms with Gasteiger partial charge in [0.15, 0.2) is 23.1 Å². The number of hydrogen-bond donors (Lipinski definition) is 1. The Kier molecular flexibility index (Phi) is 3.41. The summed E-state index contributed by atoms with van der Waals surface area (Å²) in [5, 5.41) is 3.04. The average Bonchev–Trinajstić information content (AvgIpc) is 2.48. The van der Waals surface area contributed by atoms with Crippen LogP contribution in [0.3, 0.4) is 0 Å². The molecule has 5 heteroatoms. The predicted octanol–water partition coefficient (Wildman–Crippen LogP) is 3.35. The molecule has 0 atom stereocenters. The molecule has 1 N–H and O–H groups in total. The average molecular weight is 277 g/mol. The van der Waals surface area contributed by atoms with Gasteiger partial charge in [0.25, 0.3) is 0 Å². The molecule has 0 fully saturated rings. The summed E-state index contributed by atoms with van der Waals surface area (Å²) in [5.74, 6) is -0.316. The van der Waals surface area contributed by atoms with Crippen molar-refractivity contribution in [3.05, 3.63) is 53.6 Å². The largest absolute Gasteiger partial charge is 0.486 e. The maximum absolute atomic E-state index is 13.1. The lowest BCUT2D eigenvalue weighted by Gasteiger charge is -2.21. The molecule has 0 saturated carbocycles. The molecule has 0 radical (unpaired) electrons. The van der Waals surface area contributed by atoms with Gasteiger partial charge in [0.2, 0.25) is 0 Å². The lowest BCUT2D eigenvalue weighted by atomic mass is 10.1. The summed E-state index contributed by atoms with van der Waals surface area (Å²) < 4.78 is 37.0. The van der Waals surface area contributed by atoms with Crippen LogP contribution in [0.25, 0.3) is 0 Å². The second-order valence-electron chi connectivity index (χ2n) is 4.42. The van der Waals surface area contributed by atoms with E-state index in [1.807, 2.05) is 18.2 Å². The van der Waals surface area contributed by atoms with E-state index in [-0.39, 0.29) is 0 Å². The number of para-hydroxylation sites is 1. The summed E-state index contributed by atoms with van der Waals surface area (Å²) in [6.07, 6.45) is 0. The Labute approximate surface area is 115 Å². The highest BCUT2D eigenvalue weighted by Gasteiger charge is 2.15. The van der Waals surface area contributed by atoms with Crippen LogP contribution in [-0.4, -0.2) is 13.2 Å². The lowest BCUT2D eigenvalue weighted by Crippen LogP contribution is -2.17. The van der Waals surface area contributed by atoms with E-state index in [2.05, 4.69) is 5.32 Å². The normalized spacial score (nSPS) is 13.1. The molecule has 2 aromatic rings. The fourth-order valence-electron chi connectivity index (χ4n) is 2.08. The molecule has 2 aromatic carbocycles. The van der Waals surface area contributed by atoms with Crippen LogP contribution >= 0.6 is 0 Å². The maximum Gasteiger partial charge on any atom is 0.166 e. The molecule has 0 saturated heterocycles. The zero-order valence-corrected chi connectivity index (χ0v) is 10.7. The van der Waals surface area contributed by atoms with E-state index < -0.39 is 11.6 Å². The van der Waals surface area contributed by atoms with Crippen molar-refractivity contribution in [2.45, 2.75) is 6.54 Å². The summed E-state index contributed by atoms with van der Waals surface area (Å²) in [6.45, 7) is 1.49. The van der Waals surface area contributed by atoms with Gasteiger partial charge in [0.1, 0.15) is 13.2 Å². The molecule has 104 valence electrons. The molecular weight excluding hydrogens is 264 g/mol. The van der Waals surface area contributed by atoms with Crippen LogP contribution in [0.1, 0.15) is 5.56 Å². The van der Waals surface area contributed by atoms with E-state index in [4.69, 9.17) is 9.47 Å². The minimum atomic E-state index is -0.871. The van der Waals surface area contributed by atoms with E-state index in [0.717, 1.165) is 17.7 Å². The van der Waals surface area contributed by atoms with Crippen LogP contribution in [-0.2, 0) is 6.54 Å². The summed E-state index contributed by atoms with van der Waals surface area (Å²) in [5.41, 5.74) is 1.42. The Bertz CT molecular complexity index is 631. The van der Waals surface area contributed by atoms with E-state index in [0.29, 0.717) is 36.9 Å². The fourth-order valence-corrected chi connectivity index (χ4v) is 2.08. The summed E-state index contributed by atoms with van der Waals surface area (Å²) in [6, 6.07) is 9.33. The molecular formula is C15H13F2NO2. The van der Waals surface area contributed by atoms with Gasteiger partial charge in [0, 0.05) is 23.9 Å². The highest BCUT2D eigenvalue weighted by atomic mass is 19.2. The zero-order valence-electron chi connectivity index (χ0n) is 10.7. The van der Waals surface area contributed by atoms with Crippen molar-refractivity contribution in [3.8, 4) is 11.5 Å². The van der Waals surface area contributed by atoms with Crippen molar-refractivity contribution < 1.29 is 18.3 Å². The Hall–Kier alpha value is -2.30. The van der Waals surface area contributed by atoms with Crippen LogP contribution in [0.2, 0.25) is 0 Å². The maximum atomic E-state index is 13.1. The van der Waals surface area contributed by atoms with Crippen LogP contribution in [0.5, 0.6) is 11.5 Å². The van der Waals surface area contributed by atoms with Crippen molar-refractivity contribution in [1.82, 2.24) is 0 Å². The number of rotatable bonds is 3. The molecule has 20 heavy (non-hydrogen) atoms. The standard InChI is InChI=1S/C15H13F2NO2/c16-12-5-4-11(8-13(12)17)18-9-10-2-1-3-14-15(10)20-7-6-19-14/h1-5,8,18H,6-7,9H2. The molecule has 0 aliphatic carbocycles. The van der Waals surface area contributed by atoms with Gasteiger partial charge >= 0.3 is 0 Å². The van der Waals surface area contributed by atoms with Crippen LogP contribution in [0, 0.1) is 11.6 Å². The minimum absolute atomic E-state index is 0.442. The van der Waals surface area contributed by atoms with Crippen molar-refractivity contribution in [2.24, 2.45) is 0 Å². The Morgan fingerprint density at radius 3 is 2.70 bits per heavy atom. The molecule has 0 amide bonds. The number of fused-ring (bicyclic) bond motifs is 1. The predicted molar refractivity (Wildman–Crippen MR) is 71.1 cm³/mol. The molecule has 0 aromatic heterocycles. The van der Waals surface area contributed by atoms with E-state index in [1.54, 1.807) is 0 Å². The van der Waals surface area contributed by atoms with Crippen molar-refractivity contribution in [1.29, 1.82) is 0 Å². The quantitative estimate of drug-likeness (QED) is 0.933. The molecule has 1 heterocycles. The van der Waals surface area contributed by atoms with E-state index in [9.17, 15) is 8.78 Å². The second-order valence-corrected chi connectivity index (χ2v) is 4.42. The topological polar surface area (TPSA) is 30.5 Å². The zero-order chi connectivity index (χ0) is 13.9. The molecule has 0 spiro atoms. The van der Waals surface area contributed by atoms with Crippen molar-refractivity contribution >= 4 is 5.69 Å². The van der Waals surface area contributed by atoms with Gasteiger partial charge in [-0.2, -0.15) is 0 Å². The number of halogens is 2. The first-order valence-electron chi connectivity index (χ1n) is 6.30. The van der Waals surface area contributed by atoms with Gasteiger partial charge in [-0.1, -0.05) is 12.1 Å². The highest BCUT2D eigenvalue weighted by molar-refractivity contribution is 5.50. The smallest absolute Gasteiger partial charge is 0.166 e. The van der Waals surface area contributed by atoms with Crippen molar-refractivity contribution in [3.63, 3.8) is 0 Å². The SMILES string of the molecule is Fc1ccc(NCc2cccc3c2OCCO3)cc1F. The van der Waals surface area contributed by atoms with Gasteiger partial charge in [-0.05, 0) is 18.2 Å². The first kappa shape index (κ1) is 12.7. The van der Waals surface area contributed by atoms with Gasteiger partial charge in [-0.3, -0.25) is 0 Å². The molecule has 0 bridgehead atoms. The van der Waals surface area contributed by atoms with Gasteiger partial charge in [0.05, 0.1) is 0 Å². The van der Waals surface area contributed by atoms with Crippen LogP contribution in [0.4, 0.5) is 14.5 Å². The number of anilines is 1. The third kappa shape index (κ3) is 2.52. The number of hydrogen-bond acceptors (Lipinski definition) is 3. The molecule has 0 unspecified atom stereocenters. The number of ether oxygens (including phenoxy) is 2. The Balaban J connectivity index is 1.76. The van der Waals surface area contributed by atoms with Gasteiger partial charge in [-0.15, -0.1) is 0 Å². The van der Waals surface area contributed by atoms with Crippen LogP contribution < -0.4 is 14.8 Å². The van der Waals surface area contributed by atoms with Gasteiger partial charge < -0.3 is 14.8 Å².